The standard InChI is InChI=1S/C11H16N2O3/c1-2-3-4-8-12-10(16)13-11(9(14)15)6-5-7-11/h1H,3-8H2,(H,14,15)(H2,12,13,16). The smallest absolute Gasteiger partial charge is 0.329 e. The molecule has 88 valence electrons. The number of amides is 2. The van der Waals surface area contributed by atoms with E-state index in [1.807, 2.05) is 0 Å². The molecular formula is C11H16N2O3. The van der Waals surface area contributed by atoms with Crippen LogP contribution in [0, 0.1) is 12.3 Å². The second-order valence-corrected chi connectivity index (χ2v) is 3.93. The number of carbonyl (C=O) groups is 2. The number of hydrogen-bond donors (Lipinski definition) is 3. The molecule has 5 nitrogen and oxygen atoms in total. The van der Waals surface area contributed by atoms with Gasteiger partial charge in [-0.3, -0.25) is 0 Å². The van der Waals surface area contributed by atoms with Crippen LogP contribution in [0.5, 0.6) is 0 Å². The predicted octanol–water partition coefficient (Wildman–Crippen LogP) is 0.706. The summed E-state index contributed by atoms with van der Waals surface area (Å²) in [5, 5.41) is 14.1. The molecule has 0 saturated heterocycles. The molecule has 0 bridgehead atoms. The van der Waals surface area contributed by atoms with Crippen molar-refractivity contribution in [2.75, 3.05) is 6.54 Å². The Labute approximate surface area is 94.6 Å². The maximum absolute atomic E-state index is 11.4. The van der Waals surface area contributed by atoms with Gasteiger partial charge >= 0.3 is 12.0 Å². The number of carboxylic acids is 1. The van der Waals surface area contributed by atoms with Crippen molar-refractivity contribution in [1.82, 2.24) is 10.6 Å². The summed E-state index contributed by atoms with van der Waals surface area (Å²) in [5.41, 5.74) is -1.05. The first kappa shape index (κ1) is 12.4. The first-order valence-electron chi connectivity index (χ1n) is 5.33. The minimum Gasteiger partial charge on any atom is -0.480 e. The topological polar surface area (TPSA) is 78.4 Å². The van der Waals surface area contributed by atoms with Crippen molar-refractivity contribution in [3.8, 4) is 12.3 Å². The van der Waals surface area contributed by atoms with Crippen LogP contribution >= 0.6 is 0 Å². The summed E-state index contributed by atoms with van der Waals surface area (Å²) in [6.07, 6.45) is 8.20. The van der Waals surface area contributed by atoms with E-state index in [0.717, 1.165) is 6.42 Å². The van der Waals surface area contributed by atoms with Crippen LogP contribution in [0.15, 0.2) is 0 Å². The molecule has 1 saturated carbocycles. The van der Waals surface area contributed by atoms with E-state index >= 15 is 0 Å². The number of rotatable bonds is 5. The van der Waals surface area contributed by atoms with Crippen LogP contribution in [-0.4, -0.2) is 29.2 Å². The molecule has 0 heterocycles. The van der Waals surface area contributed by atoms with Gasteiger partial charge in [0.2, 0.25) is 0 Å². The van der Waals surface area contributed by atoms with Crippen LogP contribution in [0.1, 0.15) is 32.1 Å². The van der Waals surface area contributed by atoms with Crippen LogP contribution in [0.4, 0.5) is 4.79 Å². The molecule has 1 aliphatic carbocycles. The van der Waals surface area contributed by atoms with Crippen molar-refractivity contribution >= 4 is 12.0 Å². The normalized spacial score (nSPS) is 16.7. The quantitative estimate of drug-likeness (QED) is 0.475. The molecule has 0 atom stereocenters. The zero-order valence-corrected chi connectivity index (χ0v) is 9.08. The number of hydrogen-bond acceptors (Lipinski definition) is 2. The molecule has 2 amide bonds. The van der Waals surface area contributed by atoms with Gasteiger partial charge in [-0.15, -0.1) is 12.3 Å². The molecule has 0 spiro atoms. The first-order chi connectivity index (χ1) is 7.60. The molecule has 1 aliphatic rings. The van der Waals surface area contributed by atoms with Gasteiger partial charge < -0.3 is 15.7 Å². The van der Waals surface area contributed by atoms with Gasteiger partial charge in [0, 0.05) is 13.0 Å². The largest absolute Gasteiger partial charge is 0.480 e. The van der Waals surface area contributed by atoms with Crippen LogP contribution in [0.3, 0.4) is 0 Å². The van der Waals surface area contributed by atoms with Gasteiger partial charge in [0.25, 0.3) is 0 Å². The van der Waals surface area contributed by atoms with Crippen molar-refractivity contribution < 1.29 is 14.7 Å². The van der Waals surface area contributed by atoms with E-state index in [9.17, 15) is 9.59 Å². The second-order valence-electron chi connectivity index (χ2n) is 3.93. The lowest BCUT2D eigenvalue weighted by atomic mass is 9.77. The molecule has 0 aromatic carbocycles. The summed E-state index contributed by atoms with van der Waals surface area (Å²) in [7, 11) is 0. The fraction of sp³-hybridized carbons (Fsp3) is 0.636. The molecular weight excluding hydrogens is 208 g/mol. The Hall–Kier alpha value is -1.70. The highest BCUT2D eigenvalue weighted by molar-refractivity contribution is 5.87. The van der Waals surface area contributed by atoms with Gasteiger partial charge in [0.1, 0.15) is 5.54 Å². The molecule has 0 unspecified atom stereocenters. The number of aliphatic carboxylic acids is 1. The van der Waals surface area contributed by atoms with E-state index in [1.54, 1.807) is 0 Å². The highest BCUT2D eigenvalue weighted by atomic mass is 16.4. The van der Waals surface area contributed by atoms with Gasteiger partial charge in [-0.1, -0.05) is 0 Å². The SMILES string of the molecule is C#CCCCNC(=O)NC1(C(=O)O)CCC1. The summed E-state index contributed by atoms with van der Waals surface area (Å²) in [5.74, 6) is 1.50. The van der Waals surface area contributed by atoms with E-state index < -0.39 is 17.5 Å². The van der Waals surface area contributed by atoms with Crippen molar-refractivity contribution in [2.24, 2.45) is 0 Å². The highest BCUT2D eigenvalue weighted by Crippen LogP contribution is 2.31. The molecule has 0 radical (unpaired) electrons. The number of terminal acetylenes is 1. The lowest BCUT2D eigenvalue weighted by molar-refractivity contribution is -0.148. The lowest BCUT2D eigenvalue weighted by Gasteiger charge is -2.38. The van der Waals surface area contributed by atoms with E-state index in [1.165, 1.54) is 0 Å². The average Bonchev–Trinajstić information content (AvgIpc) is 2.18. The van der Waals surface area contributed by atoms with Crippen molar-refractivity contribution in [1.29, 1.82) is 0 Å². The lowest BCUT2D eigenvalue weighted by Crippen LogP contribution is -2.61. The summed E-state index contributed by atoms with van der Waals surface area (Å²) in [4.78, 5) is 22.3. The zero-order valence-electron chi connectivity index (χ0n) is 9.08. The Bertz CT molecular complexity index is 316. The summed E-state index contributed by atoms with van der Waals surface area (Å²) in [6, 6.07) is -0.431. The summed E-state index contributed by atoms with van der Waals surface area (Å²) >= 11 is 0. The minimum absolute atomic E-state index is 0.431. The number of carbonyl (C=O) groups excluding carboxylic acids is 1. The number of carboxylic acid groups (broad SMARTS) is 1. The highest BCUT2D eigenvalue weighted by Gasteiger charge is 2.45. The predicted molar refractivity (Wildman–Crippen MR) is 58.8 cm³/mol. The van der Waals surface area contributed by atoms with Gasteiger partial charge in [0.05, 0.1) is 0 Å². The molecule has 3 N–H and O–H groups in total. The Kier molecular flexibility index (Phi) is 4.18. The van der Waals surface area contributed by atoms with Crippen LogP contribution < -0.4 is 10.6 Å². The fourth-order valence-electron chi connectivity index (χ4n) is 1.58. The number of unbranched alkanes of at least 4 members (excludes halogenated alkanes) is 1. The maximum Gasteiger partial charge on any atom is 0.329 e. The van der Waals surface area contributed by atoms with E-state index in [2.05, 4.69) is 16.6 Å². The Morgan fingerprint density at radius 3 is 2.56 bits per heavy atom. The molecule has 1 rings (SSSR count). The summed E-state index contributed by atoms with van der Waals surface area (Å²) < 4.78 is 0. The van der Waals surface area contributed by atoms with Crippen molar-refractivity contribution in [3.63, 3.8) is 0 Å². The molecule has 1 fully saturated rings. The van der Waals surface area contributed by atoms with E-state index in [0.29, 0.717) is 32.2 Å². The minimum atomic E-state index is -1.05. The fourth-order valence-corrected chi connectivity index (χ4v) is 1.58. The third kappa shape index (κ3) is 2.89. The molecule has 0 aromatic heterocycles. The third-order valence-corrected chi connectivity index (χ3v) is 2.75. The van der Waals surface area contributed by atoms with Crippen LogP contribution in [0.2, 0.25) is 0 Å². The number of nitrogens with one attached hydrogen (secondary N) is 2. The van der Waals surface area contributed by atoms with Gasteiger partial charge in [-0.05, 0) is 25.7 Å². The van der Waals surface area contributed by atoms with E-state index in [-0.39, 0.29) is 0 Å². The monoisotopic (exact) mass is 224 g/mol. The van der Waals surface area contributed by atoms with Crippen molar-refractivity contribution in [2.45, 2.75) is 37.6 Å². The van der Waals surface area contributed by atoms with Crippen LogP contribution in [-0.2, 0) is 4.79 Å². The molecule has 5 heteroatoms. The van der Waals surface area contributed by atoms with Gasteiger partial charge in [-0.2, -0.15) is 0 Å². The third-order valence-electron chi connectivity index (χ3n) is 2.75. The maximum atomic E-state index is 11.4. The molecule has 16 heavy (non-hydrogen) atoms. The summed E-state index contributed by atoms with van der Waals surface area (Å²) in [6.45, 7) is 0.464. The first-order valence-corrected chi connectivity index (χ1v) is 5.33. The van der Waals surface area contributed by atoms with Gasteiger partial charge in [0.15, 0.2) is 0 Å². The van der Waals surface area contributed by atoms with Crippen LogP contribution in [0.25, 0.3) is 0 Å². The molecule has 0 aromatic rings. The Morgan fingerprint density at radius 2 is 2.12 bits per heavy atom. The average molecular weight is 224 g/mol. The Morgan fingerprint density at radius 1 is 1.44 bits per heavy atom. The van der Waals surface area contributed by atoms with Crippen molar-refractivity contribution in [3.05, 3.63) is 0 Å². The Balaban J connectivity index is 2.28. The zero-order chi connectivity index (χ0) is 12.0. The number of urea groups is 1. The van der Waals surface area contributed by atoms with E-state index in [4.69, 9.17) is 11.5 Å². The molecule has 0 aliphatic heterocycles. The second kappa shape index (κ2) is 5.40. The van der Waals surface area contributed by atoms with Gasteiger partial charge in [-0.25, -0.2) is 9.59 Å².